The second-order valence-corrected chi connectivity index (χ2v) is 7.39. The van der Waals surface area contributed by atoms with Crippen molar-refractivity contribution >= 4 is 35.8 Å². The SMILES string of the molecule is CCNC(=NCc1ccccc1OC(F)F)NCCCN1CCCC1C(=O)N(C)C.I. The van der Waals surface area contributed by atoms with Gasteiger partial charge in [-0.1, -0.05) is 18.2 Å². The number of nitrogens with zero attached hydrogens (tertiary/aromatic N) is 3. The zero-order valence-electron chi connectivity index (χ0n) is 18.4. The van der Waals surface area contributed by atoms with Crippen LogP contribution >= 0.6 is 24.0 Å². The number of halogens is 3. The van der Waals surface area contributed by atoms with Crippen molar-refractivity contribution in [2.24, 2.45) is 4.99 Å². The van der Waals surface area contributed by atoms with Crippen LogP contribution in [0.2, 0.25) is 0 Å². The smallest absolute Gasteiger partial charge is 0.387 e. The summed E-state index contributed by atoms with van der Waals surface area (Å²) >= 11 is 0. The highest BCUT2D eigenvalue weighted by Crippen LogP contribution is 2.21. The Bertz CT molecular complexity index is 706. The van der Waals surface area contributed by atoms with Crippen molar-refractivity contribution < 1.29 is 18.3 Å². The van der Waals surface area contributed by atoms with Crippen LogP contribution in [0, 0.1) is 0 Å². The molecule has 31 heavy (non-hydrogen) atoms. The lowest BCUT2D eigenvalue weighted by molar-refractivity contribution is -0.133. The van der Waals surface area contributed by atoms with Gasteiger partial charge in [-0.15, -0.1) is 24.0 Å². The molecule has 1 amide bonds. The number of rotatable bonds is 10. The highest BCUT2D eigenvalue weighted by molar-refractivity contribution is 14.0. The van der Waals surface area contributed by atoms with Gasteiger partial charge in [-0.25, -0.2) is 4.99 Å². The first-order chi connectivity index (χ1) is 14.4. The van der Waals surface area contributed by atoms with Gasteiger partial charge in [-0.2, -0.15) is 8.78 Å². The van der Waals surface area contributed by atoms with E-state index in [1.54, 1.807) is 37.2 Å². The van der Waals surface area contributed by atoms with Gasteiger partial charge in [0, 0.05) is 39.3 Å². The summed E-state index contributed by atoms with van der Waals surface area (Å²) in [7, 11) is 3.59. The second-order valence-electron chi connectivity index (χ2n) is 7.39. The van der Waals surface area contributed by atoms with Crippen LogP contribution in [0.1, 0.15) is 31.7 Å². The molecule has 1 heterocycles. The molecule has 0 aliphatic carbocycles. The van der Waals surface area contributed by atoms with E-state index in [1.807, 2.05) is 6.92 Å². The predicted molar refractivity (Wildman–Crippen MR) is 129 cm³/mol. The quantitative estimate of drug-likeness (QED) is 0.202. The van der Waals surface area contributed by atoms with Crippen LogP contribution in [-0.4, -0.2) is 74.6 Å². The van der Waals surface area contributed by atoms with Crippen molar-refractivity contribution in [3.05, 3.63) is 29.8 Å². The standard InChI is InChI=1S/C21H33F2N5O2.HI/c1-4-24-21(26-15-16-9-5-6-11-18(16)30-20(22)23)25-12-8-14-28-13-7-10-17(28)19(29)27(2)3;/h5-6,9,11,17,20H,4,7-8,10,12-15H2,1-3H3,(H2,24,25,26);1H. The lowest BCUT2D eigenvalue weighted by atomic mass is 10.2. The van der Waals surface area contributed by atoms with Crippen molar-refractivity contribution in [2.75, 3.05) is 40.3 Å². The fraction of sp³-hybridized carbons (Fsp3) is 0.619. The van der Waals surface area contributed by atoms with Gasteiger partial charge >= 0.3 is 6.61 Å². The van der Waals surface area contributed by atoms with Crippen LogP contribution in [0.4, 0.5) is 8.78 Å². The van der Waals surface area contributed by atoms with Crippen LogP contribution in [-0.2, 0) is 11.3 Å². The van der Waals surface area contributed by atoms with Crippen molar-refractivity contribution in [3.8, 4) is 5.75 Å². The van der Waals surface area contributed by atoms with Crippen molar-refractivity contribution in [2.45, 2.75) is 45.4 Å². The number of likely N-dealkylation sites (tertiary alicyclic amines) is 1. The number of aliphatic imine (C=N–C) groups is 1. The minimum Gasteiger partial charge on any atom is -0.434 e. The molecule has 7 nitrogen and oxygen atoms in total. The van der Waals surface area contributed by atoms with E-state index in [9.17, 15) is 13.6 Å². The average molecular weight is 553 g/mol. The monoisotopic (exact) mass is 553 g/mol. The maximum Gasteiger partial charge on any atom is 0.387 e. The summed E-state index contributed by atoms with van der Waals surface area (Å²) in [4.78, 5) is 20.7. The maximum absolute atomic E-state index is 12.6. The summed E-state index contributed by atoms with van der Waals surface area (Å²) in [6.07, 6.45) is 2.82. The third-order valence-electron chi connectivity index (χ3n) is 4.94. The Labute approximate surface area is 200 Å². The highest BCUT2D eigenvalue weighted by Gasteiger charge is 2.30. The van der Waals surface area contributed by atoms with Gasteiger partial charge < -0.3 is 20.3 Å². The van der Waals surface area contributed by atoms with Crippen LogP contribution in [0.3, 0.4) is 0 Å². The van der Waals surface area contributed by atoms with E-state index in [4.69, 9.17) is 0 Å². The van der Waals surface area contributed by atoms with Crippen LogP contribution < -0.4 is 15.4 Å². The van der Waals surface area contributed by atoms with Gasteiger partial charge in [0.25, 0.3) is 0 Å². The Morgan fingerprint density at radius 2 is 2.06 bits per heavy atom. The summed E-state index contributed by atoms with van der Waals surface area (Å²) in [6, 6.07) is 6.64. The van der Waals surface area contributed by atoms with Gasteiger partial charge in [0.1, 0.15) is 5.75 Å². The molecule has 0 bridgehead atoms. The van der Waals surface area contributed by atoms with Crippen LogP contribution in [0.5, 0.6) is 5.75 Å². The zero-order chi connectivity index (χ0) is 21.9. The molecule has 1 aliphatic rings. The first kappa shape index (κ1) is 27.3. The molecule has 0 saturated carbocycles. The van der Waals surface area contributed by atoms with Gasteiger partial charge in [-0.05, 0) is 38.8 Å². The number of ether oxygens (including phenoxy) is 1. The van der Waals surface area contributed by atoms with E-state index in [-0.39, 0.29) is 48.2 Å². The third kappa shape index (κ3) is 9.14. The normalized spacial score (nSPS) is 16.7. The van der Waals surface area contributed by atoms with Gasteiger partial charge in [0.05, 0.1) is 12.6 Å². The van der Waals surface area contributed by atoms with E-state index >= 15 is 0 Å². The van der Waals surface area contributed by atoms with Gasteiger partial charge in [-0.3, -0.25) is 9.69 Å². The van der Waals surface area contributed by atoms with E-state index < -0.39 is 6.61 Å². The molecule has 2 N–H and O–H groups in total. The minimum atomic E-state index is -2.87. The minimum absolute atomic E-state index is 0. The van der Waals surface area contributed by atoms with Gasteiger partial charge in [0.15, 0.2) is 5.96 Å². The Balaban J connectivity index is 0.00000480. The average Bonchev–Trinajstić information content (AvgIpc) is 3.17. The van der Waals surface area contributed by atoms with E-state index in [2.05, 4.69) is 25.3 Å². The number of hydrogen-bond acceptors (Lipinski definition) is 4. The van der Waals surface area contributed by atoms with Gasteiger partial charge in [0.2, 0.25) is 5.91 Å². The molecule has 0 aromatic heterocycles. The third-order valence-corrected chi connectivity index (χ3v) is 4.94. The molecule has 176 valence electrons. The van der Waals surface area contributed by atoms with E-state index in [0.717, 1.165) is 32.4 Å². The Morgan fingerprint density at radius 1 is 1.32 bits per heavy atom. The molecule has 1 fully saturated rings. The Morgan fingerprint density at radius 3 is 2.74 bits per heavy atom. The molecule has 1 aromatic rings. The van der Waals surface area contributed by atoms with E-state index in [0.29, 0.717) is 24.6 Å². The number of amides is 1. The topological polar surface area (TPSA) is 69.2 Å². The Hall–Kier alpha value is -1.69. The number of nitrogens with one attached hydrogen (secondary N) is 2. The highest BCUT2D eigenvalue weighted by atomic mass is 127. The lowest BCUT2D eigenvalue weighted by Gasteiger charge is -2.26. The predicted octanol–water partition coefficient (Wildman–Crippen LogP) is 2.90. The summed E-state index contributed by atoms with van der Waals surface area (Å²) in [6.45, 7) is 2.49. The molecular weight excluding hydrogens is 519 g/mol. The number of para-hydroxylation sites is 1. The second kappa shape index (κ2) is 14.4. The number of likely N-dealkylation sites (N-methyl/N-ethyl adjacent to an activating group) is 1. The molecule has 10 heteroatoms. The summed E-state index contributed by atoms with van der Waals surface area (Å²) in [5, 5.41) is 6.43. The molecule has 0 spiro atoms. The van der Waals surface area contributed by atoms with Crippen molar-refractivity contribution in [1.82, 2.24) is 20.4 Å². The molecule has 2 rings (SSSR count). The zero-order valence-corrected chi connectivity index (χ0v) is 20.8. The fourth-order valence-corrected chi connectivity index (χ4v) is 3.51. The van der Waals surface area contributed by atoms with E-state index in [1.165, 1.54) is 6.07 Å². The summed E-state index contributed by atoms with van der Waals surface area (Å²) < 4.78 is 29.7. The van der Waals surface area contributed by atoms with Crippen LogP contribution in [0.25, 0.3) is 0 Å². The molecule has 0 radical (unpaired) electrons. The number of benzene rings is 1. The molecular formula is C21H34F2IN5O2. The number of hydrogen-bond donors (Lipinski definition) is 2. The first-order valence-corrected chi connectivity index (χ1v) is 10.4. The molecule has 1 aromatic carbocycles. The molecule has 1 saturated heterocycles. The molecule has 1 aliphatic heterocycles. The summed E-state index contributed by atoms with van der Waals surface area (Å²) in [5.41, 5.74) is 0.595. The van der Waals surface area contributed by atoms with Crippen LogP contribution in [0.15, 0.2) is 29.3 Å². The molecule has 1 atom stereocenters. The van der Waals surface area contributed by atoms with Crippen molar-refractivity contribution in [3.63, 3.8) is 0 Å². The maximum atomic E-state index is 12.6. The Kier molecular flexibility index (Phi) is 12.7. The number of guanidine groups is 1. The number of alkyl halides is 2. The largest absolute Gasteiger partial charge is 0.434 e. The first-order valence-electron chi connectivity index (χ1n) is 10.4. The fourth-order valence-electron chi connectivity index (χ4n) is 3.51. The number of carbonyl (C=O) groups excluding carboxylic acids is 1. The van der Waals surface area contributed by atoms with Crippen molar-refractivity contribution in [1.29, 1.82) is 0 Å². The molecule has 1 unspecified atom stereocenters. The lowest BCUT2D eigenvalue weighted by Crippen LogP contribution is -2.44. The summed E-state index contributed by atoms with van der Waals surface area (Å²) in [5.74, 6) is 0.921. The number of carbonyl (C=O) groups is 1.